The van der Waals surface area contributed by atoms with Crippen molar-refractivity contribution in [2.24, 2.45) is 0 Å². The Bertz CT molecular complexity index is 1130. The lowest BCUT2D eigenvalue weighted by Gasteiger charge is -2.14. The number of imide groups is 1. The van der Waals surface area contributed by atoms with Crippen LogP contribution in [0.25, 0.3) is 6.08 Å². The number of thioether (sulfide) groups is 1. The fourth-order valence-electron chi connectivity index (χ4n) is 3.29. The molecule has 0 aromatic heterocycles. The van der Waals surface area contributed by atoms with E-state index in [0.29, 0.717) is 28.5 Å². The molecule has 2 heterocycles. The zero-order valence-corrected chi connectivity index (χ0v) is 18.0. The van der Waals surface area contributed by atoms with E-state index in [1.165, 1.54) is 7.11 Å². The van der Waals surface area contributed by atoms with Crippen molar-refractivity contribution in [2.45, 2.75) is 13.8 Å². The van der Waals surface area contributed by atoms with Crippen LogP contribution in [-0.2, 0) is 9.59 Å². The van der Waals surface area contributed by atoms with E-state index >= 15 is 0 Å². The molecule has 4 rings (SSSR count). The quantitative estimate of drug-likeness (QED) is 0.708. The molecule has 1 saturated heterocycles. The summed E-state index contributed by atoms with van der Waals surface area (Å²) in [6, 6.07) is 8.96. The molecule has 1 N–H and O–H groups in total. The molecule has 2 aliphatic heterocycles. The smallest absolute Gasteiger partial charge is 0.294 e. The van der Waals surface area contributed by atoms with Crippen LogP contribution in [-0.4, -0.2) is 42.4 Å². The maximum Gasteiger partial charge on any atom is 0.294 e. The Morgan fingerprint density at radius 1 is 1.19 bits per heavy atom. The van der Waals surface area contributed by atoms with Crippen molar-refractivity contribution in [3.8, 4) is 17.2 Å². The Morgan fingerprint density at radius 3 is 2.65 bits per heavy atom. The Morgan fingerprint density at radius 2 is 1.94 bits per heavy atom. The number of hydrogen-bond donors (Lipinski definition) is 1. The van der Waals surface area contributed by atoms with E-state index in [4.69, 9.17) is 14.2 Å². The molecule has 0 aliphatic carbocycles. The number of carbonyl (C=O) groups is 3. The summed E-state index contributed by atoms with van der Waals surface area (Å²) in [5, 5.41) is 2.24. The van der Waals surface area contributed by atoms with Gasteiger partial charge in [-0.3, -0.25) is 19.3 Å². The minimum atomic E-state index is -0.537. The van der Waals surface area contributed by atoms with Gasteiger partial charge in [0.15, 0.2) is 11.5 Å². The molecule has 0 radical (unpaired) electrons. The number of ether oxygens (including phenoxy) is 3. The lowest BCUT2D eigenvalue weighted by molar-refractivity contribution is -0.127. The van der Waals surface area contributed by atoms with Gasteiger partial charge in [-0.2, -0.15) is 0 Å². The van der Waals surface area contributed by atoms with Crippen LogP contribution in [0.15, 0.2) is 35.2 Å². The second kappa shape index (κ2) is 8.35. The monoisotopic (exact) mass is 440 g/mol. The molecule has 31 heavy (non-hydrogen) atoms. The SMILES string of the molecule is COc1cc2c(cc1/C=C1/SC(=O)N(CC(=O)Nc3ccc(C)cc3C)C1=O)OCO2. The van der Waals surface area contributed by atoms with Gasteiger partial charge in [0.25, 0.3) is 11.1 Å². The van der Waals surface area contributed by atoms with Crippen LogP contribution in [0.1, 0.15) is 16.7 Å². The highest BCUT2D eigenvalue weighted by molar-refractivity contribution is 8.18. The molecule has 8 nitrogen and oxygen atoms in total. The number of benzene rings is 2. The van der Waals surface area contributed by atoms with Crippen LogP contribution in [0.5, 0.6) is 17.2 Å². The first-order chi connectivity index (χ1) is 14.9. The number of fused-ring (bicyclic) bond motifs is 1. The number of nitrogens with zero attached hydrogens (tertiary/aromatic N) is 1. The van der Waals surface area contributed by atoms with Crippen LogP contribution in [0.2, 0.25) is 0 Å². The fourth-order valence-corrected chi connectivity index (χ4v) is 4.12. The van der Waals surface area contributed by atoms with Crippen LogP contribution >= 0.6 is 11.8 Å². The maximum atomic E-state index is 12.8. The number of nitrogens with one attached hydrogen (secondary N) is 1. The molecule has 2 aromatic rings. The molecule has 9 heteroatoms. The fraction of sp³-hybridized carbons (Fsp3) is 0.227. The molecular formula is C22H20N2O6S. The minimum absolute atomic E-state index is 0.105. The number of anilines is 1. The van der Waals surface area contributed by atoms with Crippen molar-refractivity contribution in [2.75, 3.05) is 25.8 Å². The third kappa shape index (κ3) is 4.22. The topological polar surface area (TPSA) is 94.2 Å². The molecule has 1 fully saturated rings. The standard InChI is InChI=1S/C22H20N2O6S/c1-12-4-5-15(13(2)6-12)23-20(25)10-24-21(26)19(31-22(24)27)8-14-7-17-18(30-11-29-17)9-16(14)28-3/h4-9H,10-11H2,1-3H3,(H,23,25)/b19-8+. The molecule has 0 spiro atoms. The van der Waals surface area contributed by atoms with Gasteiger partial charge in [-0.05, 0) is 49.4 Å². The second-order valence-electron chi connectivity index (χ2n) is 7.08. The van der Waals surface area contributed by atoms with Gasteiger partial charge in [-0.1, -0.05) is 17.7 Å². The Hall–Kier alpha value is -3.46. The van der Waals surface area contributed by atoms with Gasteiger partial charge >= 0.3 is 0 Å². The zero-order chi connectivity index (χ0) is 22.1. The van der Waals surface area contributed by atoms with Crippen molar-refractivity contribution in [3.63, 3.8) is 0 Å². The minimum Gasteiger partial charge on any atom is -0.496 e. The molecule has 0 atom stereocenters. The number of hydrogen-bond acceptors (Lipinski definition) is 7. The number of amides is 3. The summed E-state index contributed by atoms with van der Waals surface area (Å²) >= 11 is 0.773. The van der Waals surface area contributed by atoms with Crippen LogP contribution in [0.3, 0.4) is 0 Å². The predicted octanol–water partition coefficient (Wildman–Crippen LogP) is 3.72. The van der Waals surface area contributed by atoms with E-state index < -0.39 is 17.1 Å². The van der Waals surface area contributed by atoms with E-state index in [1.54, 1.807) is 24.3 Å². The highest BCUT2D eigenvalue weighted by Gasteiger charge is 2.36. The first-order valence-electron chi connectivity index (χ1n) is 9.46. The summed E-state index contributed by atoms with van der Waals surface area (Å²) in [5.74, 6) is 0.564. The highest BCUT2D eigenvalue weighted by atomic mass is 32.2. The normalized spacial score (nSPS) is 16.2. The predicted molar refractivity (Wildman–Crippen MR) is 116 cm³/mol. The summed E-state index contributed by atoms with van der Waals surface area (Å²) in [4.78, 5) is 38.8. The lowest BCUT2D eigenvalue weighted by Crippen LogP contribution is -2.36. The summed E-state index contributed by atoms with van der Waals surface area (Å²) in [7, 11) is 1.50. The Balaban J connectivity index is 1.51. The molecule has 0 bridgehead atoms. The molecule has 0 saturated carbocycles. The van der Waals surface area contributed by atoms with Gasteiger partial charge in [-0.25, -0.2) is 0 Å². The van der Waals surface area contributed by atoms with Gasteiger partial charge < -0.3 is 19.5 Å². The van der Waals surface area contributed by atoms with Gasteiger partial charge in [-0.15, -0.1) is 0 Å². The summed E-state index contributed by atoms with van der Waals surface area (Å²) in [5.41, 5.74) is 3.18. The van der Waals surface area contributed by atoms with Crippen molar-refractivity contribution >= 4 is 40.6 Å². The Labute approximate surface area is 183 Å². The third-order valence-electron chi connectivity index (χ3n) is 4.84. The van der Waals surface area contributed by atoms with Gasteiger partial charge in [0.2, 0.25) is 12.7 Å². The third-order valence-corrected chi connectivity index (χ3v) is 5.75. The molecule has 0 unspecified atom stereocenters. The number of aryl methyl sites for hydroxylation is 2. The van der Waals surface area contributed by atoms with E-state index in [-0.39, 0.29) is 18.2 Å². The van der Waals surface area contributed by atoms with E-state index in [2.05, 4.69) is 5.32 Å². The summed E-state index contributed by atoms with van der Waals surface area (Å²) < 4.78 is 16.1. The molecule has 2 aliphatic rings. The second-order valence-corrected chi connectivity index (χ2v) is 8.08. The van der Waals surface area contributed by atoms with Crippen LogP contribution in [0, 0.1) is 13.8 Å². The average molecular weight is 440 g/mol. The van der Waals surface area contributed by atoms with Gasteiger partial charge in [0.1, 0.15) is 12.3 Å². The molecule has 2 aromatic carbocycles. The summed E-state index contributed by atoms with van der Waals surface area (Å²) in [6.45, 7) is 3.58. The lowest BCUT2D eigenvalue weighted by atomic mass is 10.1. The van der Waals surface area contributed by atoms with Crippen LogP contribution < -0.4 is 19.5 Å². The number of carbonyl (C=O) groups excluding carboxylic acids is 3. The van der Waals surface area contributed by atoms with Crippen molar-refractivity contribution < 1.29 is 28.6 Å². The van der Waals surface area contributed by atoms with E-state index in [0.717, 1.165) is 27.8 Å². The highest BCUT2D eigenvalue weighted by Crippen LogP contribution is 2.40. The van der Waals surface area contributed by atoms with Crippen LogP contribution in [0.4, 0.5) is 10.5 Å². The number of rotatable bonds is 5. The van der Waals surface area contributed by atoms with Gasteiger partial charge in [0, 0.05) is 17.3 Å². The van der Waals surface area contributed by atoms with Crippen molar-refractivity contribution in [3.05, 3.63) is 51.9 Å². The molecule has 3 amide bonds. The summed E-state index contributed by atoms with van der Waals surface area (Å²) in [6.07, 6.45) is 1.55. The zero-order valence-electron chi connectivity index (χ0n) is 17.2. The van der Waals surface area contributed by atoms with E-state index in [1.807, 2.05) is 26.0 Å². The molecular weight excluding hydrogens is 420 g/mol. The largest absolute Gasteiger partial charge is 0.496 e. The van der Waals surface area contributed by atoms with Gasteiger partial charge in [0.05, 0.1) is 12.0 Å². The maximum absolute atomic E-state index is 12.8. The first-order valence-corrected chi connectivity index (χ1v) is 10.3. The van der Waals surface area contributed by atoms with E-state index in [9.17, 15) is 14.4 Å². The first kappa shape index (κ1) is 20.8. The van der Waals surface area contributed by atoms with Crippen molar-refractivity contribution in [1.29, 1.82) is 0 Å². The number of methoxy groups -OCH3 is 1. The Kier molecular flexibility index (Phi) is 5.60. The van der Waals surface area contributed by atoms with Crippen molar-refractivity contribution in [1.82, 2.24) is 4.90 Å². The molecule has 160 valence electrons. The average Bonchev–Trinajstić information content (AvgIpc) is 3.29.